The molecule has 0 aliphatic heterocycles. The highest BCUT2D eigenvalue weighted by atomic mass is 79.9. The number of likely N-dealkylation sites (N-methyl/N-ethyl adjacent to an activating group) is 1. The van der Waals surface area contributed by atoms with E-state index in [1.165, 1.54) is 12.0 Å². The van der Waals surface area contributed by atoms with E-state index in [0.717, 1.165) is 0 Å². The zero-order valence-electron chi connectivity index (χ0n) is 12.1. The van der Waals surface area contributed by atoms with Crippen molar-refractivity contribution in [3.63, 3.8) is 0 Å². The molecule has 5 nitrogen and oxygen atoms in total. The maximum atomic E-state index is 12.3. The summed E-state index contributed by atoms with van der Waals surface area (Å²) in [5.41, 5.74) is 0.462. The molecule has 1 aromatic carbocycles. The second-order valence-corrected chi connectivity index (χ2v) is 5.58. The second-order valence-electron chi connectivity index (χ2n) is 4.73. The highest BCUT2D eigenvalue weighted by molar-refractivity contribution is 9.10. The molecule has 0 aromatic heterocycles. The highest BCUT2D eigenvalue weighted by Gasteiger charge is 2.18. The van der Waals surface area contributed by atoms with Crippen LogP contribution in [0.5, 0.6) is 5.75 Å². The number of rotatable bonds is 5. The molecule has 0 aliphatic carbocycles. The van der Waals surface area contributed by atoms with Crippen LogP contribution in [0.4, 0.5) is 0 Å². The van der Waals surface area contributed by atoms with Gasteiger partial charge < -0.3 is 15.0 Å². The van der Waals surface area contributed by atoms with Gasteiger partial charge >= 0.3 is 0 Å². The minimum absolute atomic E-state index is 0.0145. The van der Waals surface area contributed by atoms with Gasteiger partial charge in [-0.05, 0) is 48.0 Å². The summed E-state index contributed by atoms with van der Waals surface area (Å²) >= 11 is 3.33. The van der Waals surface area contributed by atoms with Crippen molar-refractivity contribution in [2.24, 2.45) is 0 Å². The summed E-state index contributed by atoms with van der Waals surface area (Å²) in [4.78, 5) is 25.4. The average molecular weight is 343 g/mol. The number of nitrogens with zero attached hydrogens (tertiary/aromatic N) is 1. The summed E-state index contributed by atoms with van der Waals surface area (Å²) in [6.45, 7) is 3.76. The molecule has 0 heterocycles. The second kappa shape index (κ2) is 7.28. The van der Waals surface area contributed by atoms with Crippen LogP contribution in [0.25, 0.3) is 0 Å². The van der Waals surface area contributed by atoms with Crippen molar-refractivity contribution in [3.8, 4) is 5.75 Å². The lowest BCUT2D eigenvalue weighted by Gasteiger charge is -2.19. The molecule has 20 heavy (non-hydrogen) atoms. The number of hydrogen-bond acceptors (Lipinski definition) is 3. The molecule has 0 saturated carbocycles. The highest BCUT2D eigenvalue weighted by Crippen LogP contribution is 2.23. The van der Waals surface area contributed by atoms with Crippen molar-refractivity contribution in [1.29, 1.82) is 0 Å². The number of methoxy groups -OCH3 is 1. The standard InChI is InChI=1S/C14H19BrN2O3/c1-9(2)16-13(18)8-17(3)14(19)11-7-10(20-4)5-6-12(11)15/h5-7,9H,8H2,1-4H3,(H,16,18). The number of ether oxygens (including phenoxy) is 1. The lowest BCUT2D eigenvalue weighted by molar-refractivity contribution is -0.122. The molecule has 0 spiro atoms. The van der Waals surface area contributed by atoms with Crippen LogP contribution in [0, 0.1) is 0 Å². The van der Waals surface area contributed by atoms with Crippen LogP contribution >= 0.6 is 15.9 Å². The molecule has 0 atom stereocenters. The minimum Gasteiger partial charge on any atom is -0.497 e. The summed E-state index contributed by atoms with van der Waals surface area (Å²) in [5, 5.41) is 2.75. The van der Waals surface area contributed by atoms with Crippen molar-refractivity contribution >= 4 is 27.7 Å². The van der Waals surface area contributed by atoms with E-state index >= 15 is 0 Å². The molecule has 0 radical (unpaired) electrons. The van der Waals surface area contributed by atoms with Gasteiger partial charge in [0.05, 0.1) is 19.2 Å². The van der Waals surface area contributed by atoms with Crippen LogP contribution in [0.15, 0.2) is 22.7 Å². The summed E-state index contributed by atoms with van der Waals surface area (Å²) in [7, 11) is 3.13. The van der Waals surface area contributed by atoms with E-state index in [2.05, 4.69) is 21.2 Å². The molecule has 0 unspecified atom stereocenters. The van der Waals surface area contributed by atoms with Crippen molar-refractivity contribution in [3.05, 3.63) is 28.2 Å². The smallest absolute Gasteiger partial charge is 0.255 e. The lowest BCUT2D eigenvalue weighted by Crippen LogP contribution is -2.40. The molecule has 6 heteroatoms. The van der Waals surface area contributed by atoms with E-state index in [1.807, 2.05) is 13.8 Å². The fraction of sp³-hybridized carbons (Fsp3) is 0.429. The first-order chi connectivity index (χ1) is 9.35. The Morgan fingerprint density at radius 1 is 1.40 bits per heavy atom. The normalized spacial score (nSPS) is 10.3. The largest absolute Gasteiger partial charge is 0.497 e. The molecular weight excluding hydrogens is 324 g/mol. The molecule has 1 aromatic rings. The maximum absolute atomic E-state index is 12.3. The van der Waals surface area contributed by atoms with Gasteiger partial charge in [-0.1, -0.05) is 0 Å². The molecule has 2 amide bonds. The fourth-order valence-electron chi connectivity index (χ4n) is 1.66. The van der Waals surface area contributed by atoms with Crippen LogP contribution in [0.1, 0.15) is 24.2 Å². The monoisotopic (exact) mass is 342 g/mol. The van der Waals surface area contributed by atoms with Crippen LogP contribution in [-0.2, 0) is 4.79 Å². The van der Waals surface area contributed by atoms with Gasteiger partial charge in [-0.15, -0.1) is 0 Å². The van der Waals surface area contributed by atoms with Gasteiger partial charge in [0.15, 0.2) is 0 Å². The number of nitrogens with one attached hydrogen (secondary N) is 1. The Morgan fingerprint density at radius 2 is 2.05 bits per heavy atom. The van der Waals surface area contributed by atoms with Crippen molar-refractivity contribution in [2.75, 3.05) is 20.7 Å². The van der Waals surface area contributed by atoms with Crippen LogP contribution in [0.3, 0.4) is 0 Å². The van der Waals surface area contributed by atoms with Crippen LogP contribution < -0.4 is 10.1 Å². The predicted octanol–water partition coefficient (Wildman–Crippen LogP) is 2.05. The Morgan fingerprint density at radius 3 is 2.60 bits per heavy atom. The van der Waals surface area contributed by atoms with Gasteiger partial charge in [-0.2, -0.15) is 0 Å². The molecule has 1 N–H and O–H groups in total. The van der Waals surface area contributed by atoms with Crippen LogP contribution in [-0.4, -0.2) is 43.5 Å². The van der Waals surface area contributed by atoms with Crippen molar-refractivity contribution < 1.29 is 14.3 Å². The Labute approximate surface area is 127 Å². The predicted molar refractivity (Wildman–Crippen MR) is 80.9 cm³/mol. The van der Waals surface area contributed by atoms with E-state index < -0.39 is 0 Å². The fourth-order valence-corrected chi connectivity index (χ4v) is 2.07. The third-order valence-corrected chi connectivity index (χ3v) is 3.27. The molecule has 0 aliphatic rings. The number of amides is 2. The molecule has 0 fully saturated rings. The SMILES string of the molecule is COc1ccc(Br)c(C(=O)N(C)CC(=O)NC(C)C)c1. The summed E-state index contributed by atoms with van der Waals surface area (Å²) in [6.07, 6.45) is 0. The Bertz CT molecular complexity index is 503. The van der Waals surface area contributed by atoms with Crippen molar-refractivity contribution in [1.82, 2.24) is 10.2 Å². The molecule has 110 valence electrons. The van der Waals surface area contributed by atoms with E-state index in [0.29, 0.717) is 15.8 Å². The molecule has 1 rings (SSSR count). The van der Waals surface area contributed by atoms with Gasteiger partial charge in [0, 0.05) is 17.6 Å². The molecule has 0 saturated heterocycles. The summed E-state index contributed by atoms with van der Waals surface area (Å²) < 4.78 is 5.77. The first kappa shape index (κ1) is 16.5. The van der Waals surface area contributed by atoms with Gasteiger partial charge in [0.25, 0.3) is 5.91 Å². The average Bonchev–Trinajstić information content (AvgIpc) is 2.37. The number of carbonyl (C=O) groups excluding carboxylic acids is 2. The molecule has 0 bridgehead atoms. The minimum atomic E-state index is -0.241. The third-order valence-electron chi connectivity index (χ3n) is 2.58. The third kappa shape index (κ3) is 4.52. The summed E-state index contributed by atoms with van der Waals surface area (Å²) in [5.74, 6) is 0.168. The van der Waals surface area contributed by atoms with Crippen LogP contribution in [0.2, 0.25) is 0 Å². The quantitative estimate of drug-likeness (QED) is 0.890. The summed E-state index contributed by atoms with van der Waals surface area (Å²) in [6, 6.07) is 5.19. The van der Waals surface area contributed by atoms with E-state index in [1.54, 1.807) is 25.2 Å². The molecular formula is C14H19BrN2O3. The van der Waals surface area contributed by atoms with Gasteiger partial charge in [0.2, 0.25) is 5.91 Å². The number of carbonyl (C=O) groups is 2. The zero-order valence-corrected chi connectivity index (χ0v) is 13.7. The zero-order chi connectivity index (χ0) is 15.3. The van der Waals surface area contributed by atoms with E-state index in [-0.39, 0.29) is 24.4 Å². The van der Waals surface area contributed by atoms with E-state index in [4.69, 9.17) is 4.74 Å². The number of benzene rings is 1. The topological polar surface area (TPSA) is 58.6 Å². The first-order valence-corrected chi connectivity index (χ1v) is 7.02. The van der Waals surface area contributed by atoms with Gasteiger partial charge in [0.1, 0.15) is 5.75 Å². The maximum Gasteiger partial charge on any atom is 0.255 e. The van der Waals surface area contributed by atoms with Gasteiger partial charge in [-0.3, -0.25) is 9.59 Å². The Kier molecular flexibility index (Phi) is 6.01. The van der Waals surface area contributed by atoms with Gasteiger partial charge in [-0.25, -0.2) is 0 Å². The van der Waals surface area contributed by atoms with Crippen molar-refractivity contribution in [2.45, 2.75) is 19.9 Å². The number of halogens is 1. The number of hydrogen-bond donors (Lipinski definition) is 1. The lowest BCUT2D eigenvalue weighted by atomic mass is 10.2. The Hall–Kier alpha value is -1.56. The van der Waals surface area contributed by atoms with E-state index in [9.17, 15) is 9.59 Å². The first-order valence-electron chi connectivity index (χ1n) is 6.23. The Balaban J connectivity index is 2.81.